The van der Waals surface area contributed by atoms with Crippen molar-refractivity contribution in [3.05, 3.63) is 64.5 Å². The van der Waals surface area contributed by atoms with Gasteiger partial charge >= 0.3 is 0 Å². The highest BCUT2D eigenvalue weighted by atomic mass is 32.2. The van der Waals surface area contributed by atoms with E-state index < -0.39 is 16.1 Å². The van der Waals surface area contributed by atoms with E-state index in [1.807, 2.05) is 19.1 Å². The first kappa shape index (κ1) is 21.5. The molecule has 7 heteroatoms. The second kappa shape index (κ2) is 8.63. The smallest absolute Gasteiger partial charge is 0.244 e. The average Bonchev–Trinajstić information content (AvgIpc) is 3.11. The Labute approximate surface area is 172 Å². The molecule has 2 aromatic rings. The number of sulfonamides is 1. The van der Waals surface area contributed by atoms with Crippen molar-refractivity contribution in [3.63, 3.8) is 0 Å². The van der Waals surface area contributed by atoms with Gasteiger partial charge in [0.2, 0.25) is 15.9 Å². The van der Waals surface area contributed by atoms with E-state index in [2.05, 4.69) is 5.32 Å². The Morgan fingerprint density at radius 1 is 1.17 bits per heavy atom. The standard InChI is InChI=1S/C22H27FN2O3S/c1-15-12-16(2)21(17(3)13-15)29(27,28)25-11-5-8-20(25)22(26)24-10-9-18-6-4-7-19(23)14-18/h4,6-7,12-14,20H,5,8-11H2,1-3H3,(H,24,26). The quantitative estimate of drug-likeness (QED) is 0.783. The van der Waals surface area contributed by atoms with Crippen molar-refractivity contribution in [1.82, 2.24) is 9.62 Å². The van der Waals surface area contributed by atoms with Crippen molar-refractivity contribution in [3.8, 4) is 0 Å². The molecule has 0 saturated carbocycles. The molecule has 0 spiro atoms. The summed E-state index contributed by atoms with van der Waals surface area (Å²) in [6.45, 7) is 6.17. The molecule has 1 fully saturated rings. The van der Waals surface area contributed by atoms with Gasteiger partial charge in [-0.05, 0) is 68.9 Å². The van der Waals surface area contributed by atoms with Gasteiger partial charge in [0.1, 0.15) is 11.9 Å². The summed E-state index contributed by atoms with van der Waals surface area (Å²) >= 11 is 0. The van der Waals surface area contributed by atoms with Crippen molar-refractivity contribution < 1.29 is 17.6 Å². The van der Waals surface area contributed by atoms with Gasteiger partial charge in [-0.3, -0.25) is 4.79 Å². The van der Waals surface area contributed by atoms with Crippen LogP contribution in [0.3, 0.4) is 0 Å². The normalized spacial score (nSPS) is 17.4. The van der Waals surface area contributed by atoms with E-state index in [4.69, 9.17) is 0 Å². The van der Waals surface area contributed by atoms with Crippen LogP contribution in [0.15, 0.2) is 41.3 Å². The van der Waals surface area contributed by atoms with Gasteiger partial charge in [0.25, 0.3) is 0 Å². The molecular formula is C22H27FN2O3S. The van der Waals surface area contributed by atoms with Crippen molar-refractivity contribution in [1.29, 1.82) is 0 Å². The fraction of sp³-hybridized carbons (Fsp3) is 0.409. The molecule has 1 saturated heterocycles. The minimum Gasteiger partial charge on any atom is -0.354 e. The predicted octanol–water partition coefficient (Wildman–Crippen LogP) is 3.26. The lowest BCUT2D eigenvalue weighted by atomic mass is 10.1. The van der Waals surface area contributed by atoms with Crippen molar-refractivity contribution in [2.45, 2.75) is 51.0 Å². The van der Waals surface area contributed by atoms with Crippen LogP contribution in [0.5, 0.6) is 0 Å². The van der Waals surface area contributed by atoms with Gasteiger partial charge in [-0.15, -0.1) is 0 Å². The van der Waals surface area contributed by atoms with Crippen molar-refractivity contribution >= 4 is 15.9 Å². The third-order valence-corrected chi connectivity index (χ3v) is 7.49. The second-order valence-electron chi connectivity index (χ2n) is 7.67. The Hall–Kier alpha value is -2.25. The molecule has 1 aliphatic heterocycles. The Morgan fingerprint density at radius 2 is 1.86 bits per heavy atom. The summed E-state index contributed by atoms with van der Waals surface area (Å²) in [5.74, 6) is -0.615. The van der Waals surface area contributed by atoms with E-state index in [1.165, 1.54) is 16.4 Å². The molecule has 5 nitrogen and oxygen atoms in total. The number of hydrogen-bond acceptors (Lipinski definition) is 3. The van der Waals surface area contributed by atoms with Crippen LogP contribution >= 0.6 is 0 Å². The van der Waals surface area contributed by atoms with E-state index >= 15 is 0 Å². The molecular weight excluding hydrogens is 391 g/mol. The molecule has 0 bridgehead atoms. The first-order valence-electron chi connectivity index (χ1n) is 9.82. The minimum atomic E-state index is -3.77. The van der Waals surface area contributed by atoms with E-state index in [0.29, 0.717) is 48.4 Å². The highest BCUT2D eigenvalue weighted by Crippen LogP contribution is 2.30. The summed E-state index contributed by atoms with van der Waals surface area (Å²) in [6, 6.07) is 9.22. The number of benzene rings is 2. The van der Waals surface area contributed by atoms with Crippen LogP contribution in [0.1, 0.15) is 35.1 Å². The zero-order valence-corrected chi connectivity index (χ0v) is 17.9. The Morgan fingerprint density at radius 3 is 2.52 bits per heavy atom. The molecule has 0 radical (unpaired) electrons. The molecule has 1 unspecified atom stereocenters. The Bertz CT molecular complexity index is 997. The van der Waals surface area contributed by atoms with Crippen LogP contribution in [0.25, 0.3) is 0 Å². The third-order valence-electron chi connectivity index (χ3n) is 5.28. The molecule has 0 aromatic heterocycles. The van der Waals surface area contributed by atoms with Gasteiger partial charge in [0.05, 0.1) is 4.90 Å². The largest absolute Gasteiger partial charge is 0.354 e. The van der Waals surface area contributed by atoms with Crippen LogP contribution in [-0.2, 0) is 21.2 Å². The molecule has 1 N–H and O–H groups in total. The maximum Gasteiger partial charge on any atom is 0.244 e. The van der Waals surface area contributed by atoms with Crippen LogP contribution in [0, 0.1) is 26.6 Å². The first-order chi connectivity index (χ1) is 13.7. The first-order valence-corrected chi connectivity index (χ1v) is 11.3. The summed E-state index contributed by atoms with van der Waals surface area (Å²) in [7, 11) is -3.77. The SMILES string of the molecule is Cc1cc(C)c(S(=O)(=O)N2CCCC2C(=O)NCCc2cccc(F)c2)c(C)c1. The summed E-state index contributed by atoms with van der Waals surface area (Å²) in [5.41, 5.74) is 3.18. The van der Waals surface area contributed by atoms with Crippen LogP contribution < -0.4 is 5.32 Å². The number of nitrogens with zero attached hydrogens (tertiary/aromatic N) is 1. The summed E-state index contributed by atoms with van der Waals surface area (Å²) < 4.78 is 41.3. The number of carbonyl (C=O) groups is 1. The lowest BCUT2D eigenvalue weighted by Crippen LogP contribution is -2.46. The van der Waals surface area contributed by atoms with Crippen LogP contribution in [0.2, 0.25) is 0 Å². The van der Waals surface area contributed by atoms with Gasteiger partial charge in [0, 0.05) is 13.1 Å². The van der Waals surface area contributed by atoms with Crippen molar-refractivity contribution in [2.75, 3.05) is 13.1 Å². The fourth-order valence-electron chi connectivity index (χ4n) is 4.12. The second-order valence-corrected chi connectivity index (χ2v) is 9.50. The third kappa shape index (κ3) is 4.67. The summed E-state index contributed by atoms with van der Waals surface area (Å²) in [6.07, 6.45) is 1.62. The fourth-order valence-corrected chi connectivity index (χ4v) is 6.19. The Kier molecular flexibility index (Phi) is 6.39. The molecule has 0 aliphatic carbocycles. The molecule has 1 heterocycles. The summed E-state index contributed by atoms with van der Waals surface area (Å²) in [5, 5.41) is 2.82. The number of rotatable bonds is 6. The predicted molar refractivity (Wildman–Crippen MR) is 111 cm³/mol. The van der Waals surface area contributed by atoms with Gasteiger partial charge in [0.15, 0.2) is 0 Å². The molecule has 1 amide bonds. The number of halogens is 1. The zero-order chi connectivity index (χ0) is 21.2. The lowest BCUT2D eigenvalue weighted by molar-refractivity contribution is -0.124. The van der Waals surface area contributed by atoms with E-state index in [9.17, 15) is 17.6 Å². The molecule has 2 aromatic carbocycles. The molecule has 29 heavy (non-hydrogen) atoms. The molecule has 156 valence electrons. The summed E-state index contributed by atoms with van der Waals surface area (Å²) in [4.78, 5) is 13.0. The van der Waals surface area contributed by atoms with Gasteiger partial charge in [-0.25, -0.2) is 12.8 Å². The highest BCUT2D eigenvalue weighted by Gasteiger charge is 2.40. The Balaban J connectivity index is 1.73. The molecule has 1 aliphatic rings. The zero-order valence-electron chi connectivity index (χ0n) is 17.0. The van der Waals surface area contributed by atoms with E-state index in [-0.39, 0.29) is 11.7 Å². The maximum atomic E-state index is 13.3. The number of carbonyl (C=O) groups excluding carboxylic acids is 1. The van der Waals surface area contributed by atoms with Gasteiger partial charge in [-0.1, -0.05) is 29.8 Å². The van der Waals surface area contributed by atoms with Gasteiger partial charge < -0.3 is 5.32 Å². The molecule has 1 atom stereocenters. The monoisotopic (exact) mass is 418 g/mol. The van der Waals surface area contributed by atoms with Gasteiger partial charge in [-0.2, -0.15) is 4.31 Å². The average molecular weight is 419 g/mol. The highest BCUT2D eigenvalue weighted by molar-refractivity contribution is 7.89. The van der Waals surface area contributed by atoms with Crippen LogP contribution in [0.4, 0.5) is 4.39 Å². The number of aryl methyl sites for hydroxylation is 3. The van der Waals surface area contributed by atoms with E-state index in [0.717, 1.165) is 11.1 Å². The number of hydrogen-bond donors (Lipinski definition) is 1. The topological polar surface area (TPSA) is 66.5 Å². The van der Waals surface area contributed by atoms with Crippen molar-refractivity contribution in [2.24, 2.45) is 0 Å². The van der Waals surface area contributed by atoms with Crippen LogP contribution in [-0.4, -0.2) is 37.8 Å². The number of amides is 1. The number of nitrogens with one attached hydrogen (secondary N) is 1. The minimum absolute atomic E-state index is 0.294. The van der Waals surface area contributed by atoms with E-state index in [1.54, 1.807) is 26.0 Å². The maximum absolute atomic E-state index is 13.3. The lowest BCUT2D eigenvalue weighted by Gasteiger charge is -2.25. The molecule has 3 rings (SSSR count).